The van der Waals surface area contributed by atoms with Crippen LogP contribution in [0.4, 0.5) is 0 Å². The lowest BCUT2D eigenvalue weighted by atomic mass is 10.2. The lowest BCUT2D eigenvalue weighted by molar-refractivity contribution is 0.00562. The summed E-state index contributed by atoms with van der Waals surface area (Å²) >= 11 is 1.80. The van der Waals surface area contributed by atoms with E-state index in [4.69, 9.17) is 4.74 Å². The third kappa shape index (κ3) is 2.05. The van der Waals surface area contributed by atoms with Gasteiger partial charge in [0.05, 0.1) is 11.5 Å². The number of hydrogen-bond acceptors (Lipinski definition) is 3. The van der Waals surface area contributed by atoms with Crippen LogP contribution in [-0.4, -0.2) is 13.2 Å². The molecule has 1 aromatic rings. The van der Waals surface area contributed by atoms with Gasteiger partial charge >= 0.3 is 0 Å². The molecule has 1 N–H and O–H groups in total. The monoisotopic (exact) mass is 219 g/mol. The van der Waals surface area contributed by atoms with E-state index in [1.54, 1.807) is 11.3 Å². The predicted molar refractivity (Wildman–Crippen MR) is 57.6 cm³/mol. The highest BCUT2D eigenvalue weighted by atomic mass is 35.5. The highest BCUT2D eigenvalue weighted by Crippen LogP contribution is 2.30. The second-order valence-electron chi connectivity index (χ2n) is 3.22. The summed E-state index contributed by atoms with van der Waals surface area (Å²) in [6.07, 6.45) is 0. The Balaban J connectivity index is 0.000000845. The molecule has 1 aliphatic rings. The van der Waals surface area contributed by atoms with Crippen molar-refractivity contribution in [2.24, 2.45) is 0 Å². The molecule has 1 atom stereocenters. The van der Waals surface area contributed by atoms with Crippen molar-refractivity contribution < 1.29 is 4.74 Å². The van der Waals surface area contributed by atoms with Crippen molar-refractivity contribution in [2.45, 2.75) is 19.6 Å². The Morgan fingerprint density at radius 2 is 2.31 bits per heavy atom. The normalized spacial score (nSPS) is 27.2. The Kier molecular flexibility index (Phi) is 3.35. The largest absolute Gasteiger partial charge is 0.354 e. The van der Waals surface area contributed by atoms with E-state index in [-0.39, 0.29) is 18.1 Å². The second kappa shape index (κ2) is 3.96. The topological polar surface area (TPSA) is 21.3 Å². The lowest BCUT2D eigenvalue weighted by Gasteiger charge is -2.21. The van der Waals surface area contributed by atoms with Crippen LogP contribution in [0, 0.1) is 6.92 Å². The van der Waals surface area contributed by atoms with Crippen LogP contribution in [0.5, 0.6) is 0 Å². The van der Waals surface area contributed by atoms with E-state index in [0.717, 1.165) is 13.2 Å². The molecule has 4 heteroatoms. The molecule has 2 nitrogen and oxygen atoms in total. The molecule has 1 aliphatic heterocycles. The summed E-state index contributed by atoms with van der Waals surface area (Å²) in [5, 5.41) is 3.35. The lowest BCUT2D eigenvalue weighted by Crippen LogP contribution is -2.33. The molecule has 1 fully saturated rings. The molecule has 2 rings (SSSR count). The van der Waals surface area contributed by atoms with Crippen LogP contribution in [0.25, 0.3) is 0 Å². The summed E-state index contributed by atoms with van der Waals surface area (Å²) in [7, 11) is 0. The predicted octanol–water partition coefficient (Wildman–Crippen LogP) is 2.27. The molecule has 13 heavy (non-hydrogen) atoms. The van der Waals surface area contributed by atoms with Crippen molar-refractivity contribution in [3.63, 3.8) is 0 Å². The molecular weight excluding hydrogens is 206 g/mol. The van der Waals surface area contributed by atoms with Gasteiger partial charge in [-0.1, -0.05) is 0 Å². The number of aryl methyl sites for hydroxylation is 1. The van der Waals surface area contributed by atoms with Gasteiger partial charge < -0.3 is 4.74 Å². The molecule has 1 saturated heterocycles. The second-order valence-corrected chi connectivity index (χ2v) is 4.51. The first-order valence-corrected chi connectivity index (χ1v) is 4.98. The van der Waals surface area contributed by atoms with Crippen LogP contribution >= 0.6 is 23.7 Å². The molecule has 0 bridgehead atoms. The molecule has 0 saturated carbocycles. The van der Waals surface area contributed by atoms with Crippen molar-refractivity contribution in [1.29, 1.82) is 0 Å². The molecule has 1 unspecified atom stereocenters. The molecule has 0 spiro atoms. The summed E-state index contributed by atoms with van der Waals surface area (Å²) < 4.78 is 5.64. The molecule has 0 aliphatic carbocycles. The standard InChI is InChI=1S/C9H13NOS.ClH/c1-7-3-4-8(12-7)9(2)10-5-6-11-9;/h3-4,10H,5-6H2,1-2H3;1H. The number of ether oxygens (including phenoxy) is 1. The van der Waals surface area contributed by atoms with E-state index in [9.17, 15) is 0 Å². The maximum Gasteiger partial charge on any atom is 0.151 e. The third-order valence-electron chi connectivity index (χ3n) is 2.17. The first-order chi connectivity index (χ1) is 5.71. The number of halogens is 1. The van der Waals surface area contributed by atoms with E-state index in [0.29, 0.717) is 0 Å². The fraction of sp³-hybridized carbons (Fsp3) is 0.556. The fourth-order valence-corrected chi connectivity index (χ4v) is 2.39. The first-order valence-electron chi connectivity index (χ1n) is 4.17. The van der Waals surface area contributed by atoms with Crippen molar-refractivity contribution in [3.8, 4) is 0 Å². The van der Waals surface area contributed by atoms with Gasteiger partial charge in [-0.3, -0.25) is 5.32 Å². The minimum atomic E-state index is -0.223. The molecule has 0 radical (unpaired) electrons. The average molecular weight is 220 g/mol. The quantitative estimate of drug-likeness (QED) is 0.783. The summed E-state index contributed by atoms with van der Waals surface area (Å²) in [6, 6.07) is 4.27. The van der Waals surface area contributed by atoms with Gasteiger partial charge in [0.2, 0.25) is 0 Å². The van der Waals surface area contributed by atoms with Crippen LogP contribution in [-0.2, 0) is 10.5 Å². The van der Waals surface area contributed by atoms with Crippen LogP contribution in [0.15, 0.2) is 12.1 Å². The van der Waals surface area contributed by atoms with Gasteiger partial charge in [0.15, 0.2) is 5.72 Å². The Morgan fingerprint density at radius 3 is 2.77 bits per heavy atom. The summed E-state index contributed by atoms with van der Waals surface area (Å²) in [6.45, 7) is 5.97. The maximum absolute atomic E-state index is 5.64. The molecular formula is C9H14ClNOS. The summed E-state index contributed by atoms with van der Waals surface area (Å²) in [5.41, 5.74) is -0.223. The van der Waals surface area contributed by atoms with Crippen molar-refractivity contribution in [2.75, 3.05) is 13.2 Å². The minimum Gasteiger partial charge on any atom is -0.354 e. The van der Waals surface area contributed by atoms with Crippen molar-refractivity contribution in [3.05, 3.63) is 21.9 Å². The van der Waals surface area contributed by atoms with Crippen molar-refractivity contribution >= 4 is 23.7 Å². The highest BCUT2D eigenvalue weighted by Gasteiger charge is 2.32. The minimum absolute atomic E-state index is 0. The Hall–Kier alpha value is -0.0900. The Bertz CT molecular complexity index is 281. The maximum atomic E-state index is 5.64. The van der Waals surface area contributed by atoms with Crippen LogP contribution in [0.2, 0.25) is 0 Å². The van der Waals surface area contributed by atoms with E-state index < -0.39 is 0 Å². The zero-order valence-electron chi connectivity index (χ0n) is 7.79. The zero-order chi connectivity index (χ0) is 8.60. The Labute approximate surface area is 88.7 Å². The zero-order valence-corrected chi connectivity index (χ0v) is 9.43. The number of nitrogens with one attached hydrogen (secondary N) is 1. The van der Waals surface area contributed by atoms with Gasteiger partial charge in [-0.05, 0) is 26.0 Å². The van der Waals surface area contributed by atoms with Gasteiger partial charge in [0.25, 0.3) is 0 Å². The Morgan fingerprint density at radius 1 is 1.54 bits per heavy atom. The van der Waals surface area contributed by atoms with E-state index in [2.05, 4.69) is 31.3 Å². The first kappa shape index (κ1) is 11.0. The summed E-state index contributed by atoms with van der Waals surface area (Å²) in [5.74, 6) is 0. The fourth-order valence-electron chi connectivity index (χ4n) is 1.44. The third-order valence-corrected chi connectivity index (χ3v) is 3.37. The van der Waals surface area contributed by atoms with Gasteiger partial charge in [-0.25, -0.2) is 0 Å². The summed E-state index contributed by atoms with van der Waals surface area (Å²) in [4.78, 5) is 2.61. The van der Waals surface area contributed by atoms with Gasteiger partial charge in [-0.15, -0.1) is 23.7 Å². The molecule has 1 aromatic heterocycles. The molecule has 74 valence electrons. The molecule has 0 aromatic carbocycles. The number of rotatable bonds is 1. The number of hydrogen-bond donors (Lipinski definition) is 1. The van der Waals surface area contributed by atoms with Crippen LogP contribution in [0.3, 0.4) is 0 Å². The van der Waals surface area contributed by atoms with E-state index in [1.165, 1.54) is 9.75 Å². The molecule has 0 amide bonds. The van der Waals surface area contributed by atoms with Crippen LogP contribution < -0.4 is 5.32 Å². The highest BCUT2D eigenvalue weighted by molar-refractivity contribution is 7.12. The van der Waals surface area contributed by atoms with Gasteiger partial charge in [0, 0.05) is 11.4 Å². The van der Waals surface area contributed by atoms with Crippen molar-refractivity contribution in [1.82, 2.24) is 5.32 Å². The SMILES string of the molecule is Cc1ccc(C2(C)NCCO2)s1.Cl. The van der Waals surface area contributed by atoms with E-state index in [1.807, 2.05) is 0 Å². The van der Waals surface area contributed by atoms with Gasteiger partial charge in [-0.2, -0.15) is 0 Å². The smallest absolute Gasteiger partial charge is 0.151 e. The van der Waals surface area contributed by atoms with Crippen LogP contribution in [0.1, 0.15) is 16.7 Å². The van der Waals surface area contributed by atoms with E-state index >= 15 is 0 Å². The molecule has 2 heterocycles. The van der Waals surface area contributed by atoms with Gasteiger partial charge in [0.1, 0.15) is 0 Å². The average Bonchev–Trinajstić information content (AvgIpc) is 2.59. The number of thiophene rings is 1.